The Balaban J connectivity index is 2.11. The number of nitrogens with zero attached hydrogens (tertiary/aromatic N) is 2. The number of hydrogen-bond donors (Lipinski definition) is 1. The van der Waals surface area contributed by atoms with Gasteiger partial charge in [0, 0.05) is 43.8 Å². The molecule has 0 aromatic carbocycles. The van der Waals surface area contributed by atoms with Gasteiger partial charge in [-0.15, -0.1) is 0 Å². The van der Waals surface area contributed by atoms with Crippen molar-refractivity contribution in [2.24, 2.45) is 0 Å². The van der Waals surface area contributed by atoms with E-state index in [9.17, 15) is 0 Å². The van der Waals surface area contributed by atoms with Crippen LogP contribution in [0.3, 0.4) is 0 Å². The SMILES string of the molecule is CCCNc1nc(CCCOC)nc2c1CSC2. The number of ether oxygens (including phenoxy) is 1. The Labute approximate surface area is 113 Å². The molecule has 0 bridgehead atoms. The zero-order valence-corrected chi connectivity index (χ0v) is 12.0. The summed E-state index contributed by atoms with van der Waals surface area (Å²) < 4.78 is 5.08. The van der Waals surface area contributed by atoms with Crippen molar-refractivity contribution in [3.8, 4) is 0 Å². The Kier molecular flexibility index (Phi) is 5.26. The molecule has 0 aliphatic carbocycles. The minimum atomic E-state index is 0.771. The van der Waals surface area contributed by atoms with Crippen molar-refractivity contribution in [2.45, 2.75) is 37.7 Å². The summed E-state index contributed by atoms with van der Waals surface area (Å²) in [6, 6.07) is 0. The highest BCUT2D eigenvalue weighted by molar-refractivity contribution is 7.98. The van der Waals surface area contributed by atoms with Crippen molar-refractivity contribution in [3.05, 3.63) is 17.1 Å². The second-order valence-corrected chi connectivity index (χ2v) is 5.42. The van der Waals surface area contributed by atoms with Crippen LogP contribution in [0.2, 0.25) is 0 Å². The normalized spacial score (nSPS) is 13.7. The molecule has 0 unspecified atom stereocenters. The Morgan fingerprint density at radius 2 is 2.22 bits per heavy atom. The second kappa shape index (κ2) is 6.95. The maximum atomic E-state index is 5.08. The molecule has 0 amide bonds. The van der Waals surface area contributed by atoms with E-state index in [1.54, 1.807) is 7.11 Å². The summed E-state index contributed by atoms with van der Waals surface area (Å²) in [5.74, 6) is 4.07. The number of aryl methyl sites for hydroxylation is 1. The van der Waals surface area contributed by atoms with E-state index in [0.717, 1.165) is 55.6 Å². The highest BCUT2D eigenvalue weighted by Gasteiger charge is 2.19. The van der Waals surface area contributed by atoms with Gasteiger partial charge in [-0.1, -0.05) is 6.92 Å². The average Bonchev–Trinajstić information content (AvgIpc) is 2.84. The third-order valence-corrected chi connectivity index (χ3v) is 3.89. The van der Waals surface area contributed by atoms with Crippen LogP contribution in [0.4, 0.5) is 5.82 Å². The average molecular weight is 267 g/mol. The summed E-state index contributed by atoms with van der Waals surface area (Å²) in [6.45, 7) is 3.92. The smallest absolute Gasteiger partial charge is 0.134 e. The van der Waals surface area contributed by atoms with Crippen LogP contribution in [0, 0.1) is 0 Å². The Hall–Kier alpha value is -0.810. The third-order valence-electron chi connectivity index (χ3n) is 2.92. The second-order valence-electron chi connectivity index (χ2n) is 4.43. The quantitative estimate of drug-likeness (QED) is 0.770. The first kappa shape index (κ1) is 13.6. The highest BCUT2D eigenvalue weighted by Crippen LogP contribution is 2.32. The van der Waals surface area contributed by atoms with Gasteiger partial charge in [-0.25, -0.2) is 9.97 Å². The summed E-state index contributed by atoms with van der Waals surface area (Å²) in [6.07, 6.45) is 2.99. The number of hydrogen-bond acceptors (Lipinski definition) is 5. The van der Waals surface area contributed by atoms with Crippen LogP contribution >= 0.6 is 11.8 Å². The highest BCUT2D eigenvalue weighted by atomic mass is 32.2. The lowest BCUT2D eigenvalue weighted by Crippen LogP contribution is -2.10. The van der Waals surface area contributed by atoms with Crippen molar-refractivity contribution in [2.75, 3.05) is 25.6 Å². The van der Waals surface area contributed by atoms with E-state index in [0.29, 0.717) is 0 Å². The molecule has 1 N–H and O–H groups in total. The summed E-state index contributed by atoms with van der Waals surface area (Å²) >= 11 is 1.92. The van der Waals surface area contributed by atoms with E-state index in [1.807, 2.05) is 11.8 Å². The first-order valence-corrected chi connectivity index (χ1v) is 7.69. The number of thioether (sulfide) groups is 1. The van der Waals surface area contributed by atoms with Crippen LogP contribution in [0.15, 0.2) is 0 Å². The summed E-state index contributed by atoms with van der Waals surface area (Å²) in [5.41, 5.74) is 2.53. The molecule has 2 rings (SSSR count). The topological polar surface area (TPSA) is 47.0 Å². The number of anilines is 1. The summed E-state index contributed by atoms with van der Waals surface area (Å²) in [5, 5.41) is 3.43. The lowest BCUT2D eigenvalue weighted by Gasteiger charge is -2.11. The molecule has 0 atom stereocenters. The van der Waals surface area contributed by atoms with E-state index in [4.69, 9.17) is 4.74 Å². The van der Waals surface area contributed by atoms with Crippen LogP contribution in [0.1, 0.15) is 36.8 Å². The van der Waals surface area contributed by atoms with Crippen molar-refractivity contribution in [1.82, 2.24) is 9.97 Å². The molecule has 0 spiro atoms. The molecule has 1 aliphatic heterocycles. The number of fused-ring (bicyclic) bond motifs is 1. The number of nitrogens with one attached hydrogen (secondary N) is 1. The van der Waals surface area contributed by atoms with Crippen LogP contribution in [0.5, 0.6) is 0 Å². The van der Waals surface area contributed by atoms with Crippen molar-refractivity contribution in [3.63, 3.8) is 0 Å². The van der Waals surface area contributed by atoms with Gasteiger partial charge in [0.2, 0.25) is 0 Å². The number of methoxy groups -OCH3 is 1. The predicted octanol–water partition coefficient (Wildman–Crippen LogP) is 2.62. The van der Waals surface area contributed by atoms with Gasteiger partial charge in [0.15, 0.2) is 0 Å². The number of rotatable bonds is 7. The van der Waals surface area contributed by atoms with Gasteiger partial charge < -0.3 is 10.1 Å². The molecule has 1 aliphatic rings. The van der Waals surface area contributed by atoms with E-state index in [-0.39, 0.29) is 0 Å². The fourth-order valence-corrected chi connectivity index (χ4v) is 3.02. The lowest BCUT2D eigenvalue weighted by atomic mass is 10.2. The molecule has 0 saturated carbocycles. The predicted molar refractivity (Wildman–Crippen MR) is 76.0 cm³/mol. The first-order valence-electron chi connectivity index (χ1n) is 6.54. The van der Waals surface area contributed by atoms with Crippen LogP contribution in [0.25, 0.3) is 0 Å². The molecule has 0 radical (unpaired) electrons. The summed E-state index contributed by atoms with van der Waals surface area (Å²) in [4.78, 5) is 9.33. The van der Waals surface area contributed by atoms with Gasteiger partial charge in [0.05, 0.1) is 5.69 Å². The van der Waals surface area contributed by atoms with Crippen LogP contribution in [-0.4, -0.2) is 30.2 Å². The minimum Gasteiger partial charge on any atom is -0.385 e. The van der Waals surface area contributed by atoms with E-state index in [1.165, 1.54) is 11.3 Å². The van der Waals surface area contributed by atoms with Crippen LogP contribution < -0.4 is 5.32 Å². The molecule has 1 aromatic rings. The minimum absolute atomic E-state index is 0.771. The van der Waals surface area contributed by atoms with Gasteiger partial charge in [-0.2, -0.15) is 11.8 Å². The fraction of sp³-hybridized carbons (Fsp3) is 0.692. The maximum absolute atomic E-state index is 5.08. The molecule has 5 heteroatoms. The Morgan fingerprint density at radius 3 is 3.00 bits per heavy atom. The molecule has 18 heavy (non-hydrogen) atoms. The van der Waals surface area contributed by atoms with Gasteiger partial charge in [-0.3, -0.25) is 0 Å². The molecule has 0 fully saturated rings. The first-order chi connectivity index (χ1) is 8.85. The third kappa shape index (κ3) is 3.36. The van der Waals surface area contributed by atoms with E-state index in [2.05, 4.69) is 22.2 Å². The zero-order chi connectivity index (χ0) is 12.8. The largest absolute Gasteiger partial charge is 0.385 e. The molecule has 4 nitrogen and oxygen atoms in total. The molecular weight excluding hydrogens is 246 g/mol. The molecule has 100 valence electrons. The van der Waals surface area contributed by atoms with Crippen molar-refractivity contribution < 1.29 is 4.74 Å². The number of aromatic nitrogens is 2. The van der Waals surface area contributed by atoms with Crippen molar-refractivity contribution >= 4 is 17.6 Å². The zero-order valence-electron chi connectivity index (χ0n) is 11.2. The van der Waals surface area contributed by atoms with Gasteiger partial charge in [-0.05, 0) is 12.8 Å². The van der Waals surface area contributed by atoms with Crippen LogP contribution in [-0.2, 0) is 22.7 Å². The van der Waals surface area contributed by atoms with Crippen molar-refractivity contribution in [1.29, 1.82) is 0 Å². The summed E-state index contributed by atoms with van der Waals surface area (Å²) in [7, 11) is 1.73. The fourth-order valence-electron chi connectivity index (χ4n) is 1.98. The Morgan fingerprint density at radius 1 is 1.33 bits per heavy atom. The monoisotopic (exact) mass is 267 g/mol. The molecule has 0 saturated heterocycles. The molecule has 1 aromatic heterocycles. The Bertz CT molecular complexity index is 398. The standard InChI is InChI=1S/C13H21N3OS/c1-3-6-14-13-10-8-18-9-11(10)15-12(16-13)5-4-7-17-2/h3-9H2,1-2H3,(H,14,15,16). The van der Waals surface area contributed by atoms with E-state index >= 15 is 0 Å². The van der Waals surface area contributed by atoms with Gasteiger partial charge >= 0.3 is 0 Å². The molecular formula is C13H21N3OS. The van der Waals surface area contributed by atoms with Gasteiger partial charge in [0.25, 0.3) is 0 Å². The van der Waals surface area contributed by atoms with Gasteiger partial charge in [0.1, 0.15) is 11.6 Å². The maximum Gasteiger partial charge on any atom is 0.134 e. The molecule has 2 heterocycles. The lowest BCUT2D eigenvalue weighted by molar-refractivity contribution is 0.194. The van der Waals surface area contributed by atoms with E-state index < -0.39 is 0 Å².